The number of nitrogens with zero attached hydrogens (tertiary/aromatic N) is 2. The van der Waals surface area contributed by atoms with Crippen molar-refractivity contribution >= 4 is 50.7 Å². The minimum atomic E-state index is -0.609. The molecule has 35 heavy (non-hydrogen) atoms. The molecule has 0 saturated heterocycles. The number of hydrogen-bond acceptors (Lipinski definition) is 5. The van der Waals surface area contributed by atoms with Crippen molar-refractivity contribution in [2.75, 3.05) is 5.32 Å². The number of thiophene rings is 1. The first-order valence-corrected chi connectivity index (χ1v) is 11.9. The van der Waals surface area contributed by atoms with Crippen LogP contribution >= 0.6 is 22.9 Å². The van der Waals surface area contributed by atoms with Crippen molar-refractivity contribution in [3.63, 3.8) is 0 Å². The summed E-state index contributed by atoms with van der Waals surface area (Å²) in [6.45, 7) is 1.90. The smallest absolute Gasteiger partial charge is 0.257 e. The number of halogens is 1. The van der Waals surface area contributed by atoms with Gasteiger partial charge < -0.3 is 11.1 Å². The van der Waals surface area contributed by atoms with Crippen LogP contribution in [0.5, 0.6) is 0 Å². The van der Waals surface area contributed by atoms with Gasteiger partial charge in [-0.05, 0) is 48.9 Å². The highest BCUT2D eigenvalue weighted by atomic mass is 35.5. The number of nitrogens with two attached hydrogens (primary N) is 1. The highest BCUT2D eigenvalue weighted by Crippen LogP contribution is 2.40. The fourth-order valence-electron chi connectivity index (χ4n) is 4.04. The lowest BCUT2D eigenvalue weighted by Crippen LogP contribution is -2.18. The van der Waals surface area contributed by atoms with E-state index >= 15 is 0 Å². The van der Waals surface area contributed by atoms with Crippen LogP contribution in [0, 0.1) is 6.92 Å². The number of fused-ring (bicyclic) bond motifs is 1. The van der Waals surface area contributed by atoms with E-state index in [0.717, 1.165) is 21.6 Å². The second-order valence-electron chi connectivity index (χ2n) is 7.88. The Morgan fingerprint density at radius 2 is 1.77 bits per heavy atom. The van der Waals surface area contributed by atoms with Crippen molar-refractivity contribution in [1.29, 1.82) is 0 Å². The molecular weight excluding hydrogens is 480 g/mol. The number of amides is 2. The lowest BCUT2D eigenvalue weighted by molar-refractivity contribution is 0.100. The molecule has 8 heteroatoms. The zero-order chi connectivity index (χ0) is 24.5. The number of anilines is 1. The number of primary amides is 1. The quantitative estimate of drug-likeness (QED) is 0.295. The van der Waals surface area contributed by atoms with Gasteiger partial charge in [-0.15, -0.1) is 11.3 Å². The molecule has 0 fully saturated rings. The Morgan fingerprint density at radius 1 is 1.00 bits per heavy atom. The van der Waals surface area contributed by atoms with Gasteiger partial charge in [0, 0.05) is 38.8 Å². The Kier molecular flexibility index (Phi) is 6.03. The maximum Gasteiger partial charge on any atom is 0.257 e. The molecule has 5 rings (SSSR count). The third kappa shape index (κ3) is 4.39. The number of benzene rings is 2. The molecule has 0 aliphatic heterocycles. The first-order chi connectivity index (χ1) is 16.9. The molecule has 3 aromatic heterocycles. The zero-order valence-electron chi connectivity index (χ0n) is 18.6. The number of carbonyl (C=O) groups excluding carboxylic acids is 2. The maximum absolute atomic E-state index is 13.6. The number of aromatic nitrogens is 2. The van der Waals surface area contributed by atoms with E-state index < -0.39 is 11.8 Å². The Labute approximate surface area is 210 Å². The number of aryl methyl sites for hydroxylation is 1. The van der Waals surface area contributed by atoms with E-state index in [2.05, 4.69) is 10.3 Å². The van der Waals surface area contributed by atoms with E-state index in [9.17, 15) is 9.59 Å². The van der Waals surface area contributed by atoms with Gasteiger partial charge in [0.15, 0.2) is 0 Å². The Bertz CT molecular complexity index is 1580. The van der Waals surface area contributed by atoms with Crippen LogP contribution in [-0.2, 0) is 0 Å². The summed E-state index contributed by atoms with van der Waals surface area (Å²) in [5.41, 5.74) is 10.00. The summed E-state index contributed by atoms with van der Waals surface area (Å²) < 4.78 is 0. The molecule has 0 bridgehead atoms. The normalized spacial score (nSPS) is 10.9. The average molecular weight is 499 g/mol. The lowest BCUT2D eigenvalue weighted by atomic mass is 10.0. The maximum atomic E-state index is 13.6. The van der Waals surface area contributed by atoms with Crippen LogP contribution in [0.15, 0.2) is 79.1 Å². The molecule has 6 nitrogen and oxygen atoms in total. The van der Waals surface area contributed by atoms with Crippen molar-refractivity contribution in [2.24, 2.45) is 5.73 Å². The molecule has 0 atom stereocenters. The van der Waals surface area contributed by atoms with Gasteiger partial charge >= 0.3 is 0 Å². The van der Waals surface area contributed by atoms with Gasteiger partial charge in [0.25, 0.3) is 11.8 Å². The van der Waals surface area contributed by atoms with Crippen LogP contribution in [0.2, 0.25) is 5.02 Å². The molecule has 0 unspecified atom stereocenters. The number of hydrogen-bond donors (Lipinski definition) is 2. The summed E-state index contributed by atoms with van der Waals surface area (Å²) in [6, 6.07) is 20.1. The van der Waals surface area contributed by atoms with Crippen molar-refractivity contribution in [3.8, 4) is 22.4 Å². The molecule has 3 N–H and O–H groups in total. The fraction of sp³-hybridized carbons (Fsp3) is 0.0370. The summed E-state index contributed by atoms with van der Waals surface area (Å²) in [7, 11) is 0. The standard InChI is InChI=1S/C27H19ClN4O2S/c1-15-23(16-6-3-2-4-7-16)24(25(29)33)27(35-15)32-26(34)20-13-22(17-8-5-11-30-14-17)31-21-10-9-18(28)12-19(20)21/h2-14H,1H3,(H2,29,33)(H,32,34). The summed E-state index contributed by atoms with van der Waals surface area (Å²) in [5.74, 6) is -1.00. The second-order valence-corrected chi connectivity index (χ2v) is 9.54. The topological polar surface area (TPSA) is 98.0 Å². The predicted molar refractivity (Wildman–Crippen MR) is 141 cm³/mol. The average Bonchev–Trinajstić information content (AvgIpc) is 3.20. The molecule has 5 aromatic rings. The minimum Gasteiger partial charge on any atom is -0.365 e. The number of pyridine rings is 2. The van der Waals surface area contributed by atoms with Gasteiger partial charge in [-0.3, -0.25) is 14.6 Å². The van der Waals surface area contributed by atoms with Gasteiger partial charge in [0.2, 0.25) is 0 Å². The van der Waals surface area contributed by atoms with Crippen molar-refractivity contribution in [3.05, 3.63) is 100 Å². The fourth-order valence-corrected chi connectivity index (χ4v) is 5.29. The molecule has 0 aliphatic carbocycles. The van der Waals surface area contributed by atoms with E-state index in [0.29, 0.717) is 32.2 Å². The summed E-state index contributed by atoms with van der Waals surface area (Å²) >= 11 is 7.55. The molecule has 2 aromatic carbocycles. The largest absolute Gasteiger partial charge is 0.365 e. The van der Waals surface area contributed by atoms with Crippen LogP contribution in [0.4, 0.5) is 5.00 Å². The second kappa shape index (κ2) is 9.29. The van der Waals surface area contributed by atoms with Crippen molar-refractivity contribution < 1.29 is 9.59 Å². The molecule has 3 heterocycles. The van der Waals surface area contributed by atoms with Crippen molar-refractivity contribution in [1.82, 2.24) is 9.97 Å². The van der Waals surface area contributed by atoms with Crippen LogP contribution in [0.25, 0.3) is 33.3 Å². The monoisotopic (exact) mass is 498 g/mol. The molecule has 172 valence electrons. The lowest BCUT2D eigenvalue weighted by Gasteiger charge is -2.11. The molecule has 0 aliphatic rings. The van der Waals surface area contributed by atoms with Crippen LogP contribution in [0.3, 0.4) is 0 Å². The van der Waals surface area contributed by atoms with E-state index in [1.165, 1.54) is 11.3 Å². The SMILES string of the molecule is Cc1sc(NC(=O)c2cc(-c3cccnc3)nc3ccc(Cl)cc23)c(C(N)=O)c1-c1ccccc1. The first kappa shape index (κ1) is 22.7. The Morgan fingerprint density at radius 3 is 2.49 bits per heavy atom. The Balaban J connectivity index is 1.63. The predicted octanol–water partition coefficient (Wildman–Crippen LogP) is 6.34. The minimum absolute atomic E-state index is 0.288. The third-order valence-corrected chi connectivity index (χ3v) is 6.85. The van der Waals surface area contributed by atoms with E-state index in [1.54, 1.807) is 36.7 Å². The highest BCUT2D eigenvalue weighted by molar-refractivity contribution is 7.17. The molecule has 0 saturated carbocycles. The van der Waals surface area contributed by atoms with E-state index in [1.807, 2.05) is 49.4 Å². The van der Waals surface area contributed by atoms with E-state index in [-0.39, 0.29) is 5.56 Å². The van der Waals surface area contributed by atoms with Gasteiger partial charge in [-0.2, -0.15) is 0 Å². The van der Waals surface area contributed by atoms with Crippen LogP contribution in [0.1, 0.15) is 25.6 Å². The summed E-state index contributed by atoms with van der Waals surface area (Å²) in [4.78, 5) is 35.8. The summed E-state index contributed by atoms with van der Waals surface area (Å²) in [6.07, 6.45) is 3.36. The number of carbonyl (C=O) groups is 2. The Hall–Kier alpha value is -4.07. The third-order valence-electron chi connectivity index (χ3n) is 5.59. The first-order valence-electron chi connectivity index (χ1n) is 10.7. The van der Waals surface area contributed by atoms with E-state index in [4.69, 9.17) is 22.3 Å². The van der Waals surface area contributed by atoms with Crippen LogP contribution in [-0.4, -0.2) is 21.8 Å². The van der Waals surface area contributed by atoms with Gasteiger partial charge in [0.1, 0.15) is 5.00 Å². The van der Waals surface area contributed by atoms with Crippen molar-refractivity contribution in [2.45, 2.75) is 6.92 Å². The zero-order valence-corrected chi connectivity index (χ0v) is 20.2. The molecular formula is C27H19ClN4O2S. The number of nitrogens with one attached hydrogen (secondary N) is 1. The molecule has 2 amide bonds. The number of rotatable bonds is 5. The molecule has 0 radical (unpaired) electrons. The van der Waals surface area contributed by atoms with Gasteiger partial charge in [-0.1, -0.05) is 41.9 Å². The van der Waals surface area contributed by atoms with Gasteiger partial charge in [0.05, 0.1) is 22.3 Å². The molecule has 0 spiro atoms. The van der Waals surface area contributed by atoms with Crippen LogP contribution < -0.4 is 11.1 Å². The van der Waals surface area contributed by atoms with Gasteiger partial charge in [-0.25, -0.2) is 4.98 Å². The highest BCUT2D eigenvalue weighted by Gasteiger charge is 2.24. The summed E-state index contributed by atoms with van der Waals surface area (Å²) in [5, 5.41) is 4.40.